The second kappa shape index (κ2) is 10.7. The second-order valence-corrected chi connectivity index (χ2v) is 2.91. The number of amides is 1. The van der Waals surface area contributed by atoms with Crippen LogP contribution in [0, 0.1) is 0 Å². The highest BCUT2D eigenvalue weighted by atomic mass is 16.5. The first-order valence-corrected chi connectivity index (χ1v) is 5.21. The Bertz CT molecular complexity index is 289. The van der Waals surface area contributed by atoms with E-state index in [4.69, 9.17) is 15.0 Å². The third-order valence-electron chi connectivity index (χ3n) is 1.60. The number of esters is 1. The van der Waals surface area contributed by atoms with Gasteiger partial charge in [-0.05, 0) is 12.5 Å². The molecule has 1 amide bonds. The van der Waals surface area contributed by atoms with E-state index in [1.807, 2.05) is 0 Å². The van der Waals surface area contributed by atoms with Crippen molar-refractivity contribution in [1.82, 2.24) is 5.32 Å². The molecule has 0 aromatic heterocycles. The summed E-state index contributed by atoms with van der Waals surface area (Å²) in [6.45, 7) is 2.72. The monoisotopic (exact) mass is 244 g/mol. The van der Waals surface area contributed by atoms with Crippen molar-refractivity contribution >= 4 is 11.9 Å². The Morgan fingerprint density at radius 1 is 1.41 bits per heavy atom. The zero-order valence-corrected chi connectivity index (χ0v) is 9.72. The summed E-state index contributed by atoms with van der Waals surface area (Å²) in [5.74, 6) is -0.670. The molecule has 0 unspecified atom stereocenters. The smallest absolute Gasteiger partial charge is 0.308 e. The number of hydrogen-bond donors (Lipinski definition) is 1. The van der Waals surface area contributed by atoms with Gasteiger partial charge in [-0.2, -0.15) is 0 Å². The van der Waals surface area contributed by atoms with Crippen LogP contribution >= 0.6 is 0 Å². The number of nitrogens with zero attached hydrogens (tertiary/aromatic N) is 3. The molecule has 1 N–H and O–H groups in total. The van der Waals surface area contributed by atoms with E-state index in [2.05, 4.69) is 15.3 Å². The predicted octanol–water partition coefficient (Wildman–Crippen LogP) is 0.383. The molecule has 0 rings (SSSR count). The van der Waals surface area contributed by atoms with Crippen LogP contribution in [0.1, 0.15) is 13.3 Å². The van der Waals surface area contributed by atoms with Crippen LogP contribution < -0.4 is 5.32 Å². The maximum Gasteiger partial charge on any atom is 0.308 e. The normalized spacial score (nSPS) is 9.24. The van der Waals surface area contributed by atoms with E-state index in [0.717, 1.165) is 0 Å². The minimum Gasteiger partial charge on any atom is -0.466 e. The molecule has 0 aliphatic carbocycles. The highest BCUT2D eigenvalue weighted by Gasteiger charge is 2.01. The summed E-state index contributed by atoms with van der Waals surface area (Å²) in [4.78, 5) is 24.3. The van der Waals surface area contributed by atoms with Crippen molar-refractivity contribution < 1.29 is 19.1 Å². The molecule has 0 heterocycles. The minimum absolute atomic E-state index is 0.195. The number of nitrogens with one attached hydrogen (secondary N) is 1. The molecule has 0 atom stereocenters. The van der Waals surface area contributed by atoms with Gasteiger partial charge in [0.05, 0.1) is 26.2 Å². The Hall–Kier alpha value is -1.79. The summed E-state index contributed by atoms with van der Waals surface area (Å²) in [6.07, 6.45) is 0.195. The van der Waals surface area contributed by atoms with Crippen molar-refractivity contribution in [1.29, 1.82) is 0 Å². The van der Waals surface area contributed by atoms with Gasteiger partial charge in [-0.25, -0.2) is 0 Å². The van der Waals surface area contributed by atoms with Gasteiger partial charge in [0, 0.05) is 11.5 Å². The molecule has 0 aromatic carbocycles. The Morgan fingerprint density at radius 3 is 2.82 bits per heavy atom. The fourth-order valence-corrected chi connectivity index (χ4v) is 0.905. The zero-order valence-electron chi connectivity index (χ0n) is 9.72. The molecular formula is C9H16N4O4. The van der Waals surface area contributed by atoms with Crippen LogP contribution in [0.25, 0.3) is 10.4 Å². The summed E-state index contributed by atoms with van der Waals surface area (Å²) >= 11 is 0. The quantitative estimate of drug-likeness (QED) is 0.207. The van der Waals surface area contributed by atoms with E-state index in [0.29, 0.717) is 19.8 Å². The number of azide groups is 1. The molecule has 96 valence electrons. The summed E-state index contributed by atoms with van der Waals surface area (Å²) in [7, 11) is 0. The van der Waals surface area contributed by atoms with E-state index in [1.165, 1.54) is 0 Å². The zero-order chi connectivity index (χ0) is 12.9. The highest BCUT2D eigenvalue weighted by molar-refractivity contribution is 5.78. The molecule has 0 saturated heterocycles. The molecule has 0 saturated carbocycles. The van der Waals surface area contributed by atoms with Crippen molar-refractivity contribution in [2.24, 2.45) is 5.11 Å². The molecule has 0 bridgehead atoms. The van der Waals surface area contributed by atoms with Gasteiger partial charge in [-0.3, -0.25) is 9.59 Å². The molecule has 0 fully saturated rings. The van der Waals surface area contributed by atoms with Crippen LogP contribution in [0.5, 0.6) is 0 Å². The van der Waals surface area contributed by atoms with E-state index < -0.39 is 0 Å². The molecule has 8 heteroatoms. The SMILES string of the molecule is CCOC(=O)CCOCCNC(=O)CN=[N+]=[N-]. The molecule has 0 radical (unpaired) electrons. The van der Waals surface area contributed by atoms with Gasteiger partial charge in [-0.1, -0.05) is 5.11 Å². The van der Waals surface area contributed by atoms with Gasteiger partial charge >= 0.3 is 5.97 Å². The van der Waals surface area contributed by atoms with Crippen LogP contribution in [0.15, 0.2) is 5.11 Å². The van der Waals surface area contributed by atoms with Crippen LogP contribution in [-0.4, -0.2) is 44.8 Å². The van der Waals surface area contributed by atoms with Gasteiger partial charge < -0.3 is 14.8 Å². The first-order valence-electron chi connectivity index (χ1n) is 5.21. The molecule has 0 aromatic rings. The molecule has 17 heavy (non-hydrogen) atoms. The van der Waals surface area contributed by atoms with Crippen molar-refractivity contribution in [2.45, 2.75) is 13.3 Å². The van der Waals surface area contributed by atoms with Crippen LogP contribution in [-0.2, 0) is 19.1 Å². The van der Waals surface area contributed by atoms with E-state index >= 15 is 0 Å². The van der Waals surface area contributed by atoms with Crippen LogP contribution in [0.4, 0.5) is 0 Å². The second-order valence-electron chi connectivity index (χ2n) is 2.91. The van der Waals surface area contributed by atoms with E-state index in [1.54, 1.807) is 6.92 Å². The summed E-state index contributed by atoms with van der Waals surface area (Å²) in [6, 6.07) is 0. The number of carbonyl (C=O) groups is 2. The Balaban J connectivity index is 3.31. The largest absolute Gasteiger partial charge is 0.466 e. The first-order chi connectivity index (χ1) is 8.20. The van der Waals surface area contributed by atoms with Gasteiger partial charge in [0.2, 0.25) is 5.91 Å². The molecule has 8 nitrogen and oxygen atoms in total. The number of ether oxygens (including phenoxy) is 2. The predicted molar refractivity (Wildman–Crippen MR) is 59.1 cm³/mol. The summed E-state index contributed by atoms with van der Waals surface area (Å²) < 4.78 is 9.78. The van der Waals surface area contributed by atoms with E-state index in [-0.39, 0.29) is 31.4 Å². The fraction of sp³-hybridized carbons (Fsp3) is 0.778. The number of carbonyl (C=O) groups excluding carboxylic acids is 2. The lowest BCUT2D eigenvalue weighted by Crippen LogP contribution is -2.29. The molecule has 0 aliphatic heterocycles. The average molecular weight is 244 g/mol. The van der Waals surface area contributed by atoms with Crippen molar-refractivity contribution in [3.8, 4) is 0 Å². The van der Waals surface area contributed by atoms with Crippen molar-refractivity contribution in [3.63, 3.8) is 0 Å². The highest BCUT2D eigenvalue weighted by Crippen LogP contribution is 1.87. The van der Waals surface area contributed by atoms with Crippen molar-refractivity contribution in [2.75, 3.05) is 32.9 Å². The summed E-state index contributed by atoms with van der Waals surface area (Å²) in [5, 5.41) is 5.58. The number of hydrogen-bond acceptors (Lipinski definition) is 5. The average Bonchev–Trinajstić information content (AvgIpc) is 2.31. The van der Waals surface area contributed by atoms with Crippen LogP contribution in [0.3, 0.4) is 0 Å². The topological polar surface area (TPSA) is 113 Å². The summed E-state index contributed by atoms with van der Waals surface area (Å²) in [5.41, 5.74) is 7.96. The Morgan fingerprint density at radius 2 is 2.18 bits per heavy atom. The lowest BCUT2D eigenvalue weighted by Gasteiger charge is -2.05. The standard InChI is InChI=1S/C9H16N4O4/c1-2-17-9(15)3-5-16-6-4-11-8(14)7-12-13-10/h2-7H2,1H3,(H,11,14). The van der Waals surface area contributed by atoms with E-state index in [9.17, 15) is 9.59 Å². The van der Waals surface area contributed by atoms with Crippen LogP contribution in [0.2, 0.25) is 0 Å². The third-order valence-corrected chi connectivity index (χ3v) is 1.60. The Kier molecular flexibility index (Phi) is 9.59. The van der Waals surface area contributed by atoms with Crippen molar-refractivity contribution in [3.05, 3.63) is 10.4 Å². The first kappa shape index (κ1) is 15.2. The van der Waals surface area contributed by atoms with Gasteiger partial charge in [0.1, 0.15) is 6.54 Å². The maximum absolute atomic E-state index is 10.9. The Labute approximate surface area is 98.9 Å². The van der Waals surface area contributed by atoms with Gasteiger partial charge in [0.25, 0.3) is 0 Å². The van der Waals surface area contributed by atoms with Gasteiger partial charge in [-0.15, -0.1) is 0 Å². The molecular weight excluding hydrogens is 228 g/mol. The maximum atomic E-state index is 10.9. The third kappa shape index (κ3) is 10.5. The molecule has 0 aliphatic rings. The lowest BCUT2D eigenvalue weighted by atomic mass is 10.4. The fourth-order valence-electron chi connectivity index (χ4n) is 0.905. The lowest BCUT2D eigenvalue weighted by molar-refractivity contribution is -0.144. The molecule has 0 spiro atoms. The minimum atomic E-state index is -0.364. The number of rotatable bonds is 9. The van der Waals surface area contributed by atoms with Gasteiger partial charge in [0.15, 0.2) is 0 Å².